The quantitative estimate of drug-likeness (QED) is 0.361. The standard InChI is InChI=1S/C21H18N2O7/c1-12(20(25)22-17-8-7-15(23(27)28)11-19(17)29-2)30-21(26)16-9-13-5-3-4-6-14(13)10-18(16)24/h3-12,24H,1-2H3,(H,22,25)/t12-/m0/s1. The predicted octanol–water partition coefficient (Wildman–Crippen LogP) is 3.65. The molecule has 3 rings (SSSR count). The van der Waals surface area contributed by atoms with Crippen molar-refractivity contribution in [3.05, 3.63) is 70.3 Å². The first-order valence-electron chi connectivity index (χ1n) is 8.86. The van der Waals surface area contributed by atoms with Crippen LogP contribution in [-0.4, -0.2) is 35.1 Å². The molecule has 1 atom stereocenters. The minimum atomic E-state index is -1.21. The highest BCUT2D eigenvalue weighted by Crippen LogP contribution is 2.29. The van der Waals surface area contributed by atoms with Gasteiger partial charge in [0.2, 0.25) is 0 Å². The van der Waals surface area contributed by atoms with E-state index in [4.69, 9.17) is 9.47 Å². The van der Waals surface area contributed by atoms with Gasteiger partial charge in [-0.3, -0.25) is 14.9 Å². The number of methoxy groups -OCH3 is 1. The Morgan fingerprint density at radius 3 is 2.40 bits per heavy atom. The van der Waals surface area contributed by atoms with E-state index in [1.807, 2.05) is 0 Å². The number of nitrogens with one attached hydrogen (secondary N) is 1. The summed E-state index contributed by atoms with van der Waals surface area (Å²) < 4.78 is 10.2. The average molecular weight is 410 g/mol. The molecular weight excluding hydrogens is 392 g/mol. The second-order valence-electron chi connectivity index (χ2n) is 6.39. The van der Waals surface area contributed by atoms with Crippen molar-refractivity contribution < 1.29 is 29.1 Å². The molecule has 9 nitrogen and oxygen atoms in total. The number of phenols is 1. The van der Waals surface area contributed by atoms with Crippen LogP contribution in [0.2, 0.25) is 0 Å². The van der Waals surface area contributed by atoms with Gasteiger partial charge in [0.25, 0.3) is 11.6 Å². The number of rotatable bonds is 6. The number of ether oxygens (including phenoxy) is 2. The molecule has 0 saturated carbocycles. The minimum Gasteiger partial charge on any atom is -0.507 e. The van der Waals surface area contributed by atoms with E-state index in [2.05, 4.69) is 5.32 Å². The van der Waals surface area contributed by atoms with Gasteiger partial charge in [0.15, 0.2) is 6.10 Å². The summed E-state index contributed by atoms with van der Waals surface area (Å²) in [6, 6.07) is 13.8. The molecule has 30 heavy (non-hydrogen) atoms. The molecule has 0 radical (unpaired) electrons. The second-order valence-corrected chi connectivity index (χ2v) is 6.39. The summed E-state index contributed by atoms with van der Waals surface area (Å²) in [7, 11) is 1.31. The second kappa shape index (κ2) is 8.48. The summed E-state index contributed by atoms with van der Waals surface area (Å²) in [5.41, 5.74) is -0.0816. The molecule has 3 aromatic carbocycles. The summed E-state index contributed by atoms with van der Waals surface area (Å²) in [4.78, 5) is 35.2. The first-order chi connectivity index (χ1) is 14.3. The number of hydrogen-bond donors (Lipinski definition) is 2. The number of carbonyl (C=O) groups excluding carboxylic acids is 2. The van der Waals surface area contributed by atoms with Crippen LogP contribution in [-0.2, 0) is 9.53 Å². The van der Waals surface area contributed by atoms with Crippen molar-refractivity contribution in [2.24, 2.45) is 0 Å². The van der Waals surface area contributed by atoms with Crippen molar-refractivity contribution in [2.75, 3.05) is 12.4 Å². The van der Waals surface area contributed by atoms with Crippen LogP contribution >= 0.6 is 0 Å². The summed E-state index contributed by atoms with van der Waals surface area (Å²) in [6.07, 6.45) is -1.21. The lowest BCUT2D eigenvalue weighted by atomic mass is 10.1. The molecule has 0 saturated heterocycles. The molecule has 0 aliphatic heterocycles. The molecule has 1 amide bonds. The largest absolute Gasteiger partial charge is 0.507 e. The number of carbonyl (C=O) groups is 2. The number of amides is 1. The highest BCUT2D eigenvalue weighted by Gasteiger charge is 2.23. The van der Waals surface area contributed by atoms with Crippen molar-refractivity contribution in [1.82, 2.24) is 0 Å². The molecule has 0 aliphatic carbocycles. The number of esters is 1. The van der Waals surface area contributed by atoms with Crippen LogP contribution in [0.4, 0.5) is 11.4 Å². The van der Waals surface area contributed by atoms with Crippen LogP contribution < -0.4 is 10.1 Å². The molecule has 0 fully saturated rings. The van der Waals surface area contributed by atoms with Gasteiger partial charge in [-0.25, -0.2) is 4.79 Å². The maximum Gasteiger partial charge on any atom is 0.342 e. The van der Waals surface area contributed by atoms with Crippen molar-refractivity contribution in [3.63, 3.8) is 0 Å². The predicted molar refractivity (Wildman–Crippen MR) is 109 cm³/mol. The number of fused-ring (bicyclic) bond motifs is 1. The first-order valence-corrected chi connectivity index (χ1v) is 8.86. The first kappa shape index (κ1) is 20.6. The van der Waals surface area contributed by atoms with Gasteiger partial charge >= 0.3 is 5.97 Å². The fourth-order valence-electron chi connectivity index (χ4n) is 2.80. The number of nitro benzene ring substituents is 1. The molecule has 0 spiro atoms. The van der Waals surface area contributed by atoms with Crippen molar-refractivity contribution >= 4 is 34.0 Å². The van der Waals surface area contributed by atoms with Crippen LogP contribution in [0.5, 0.6) is 11.5 Å². The number of anilines is 1. The monoisotopic (exact) mass is 410 g/mol. The van der Waals surface area contributed by atoms with E-state index in [1.54, 1.807) is 24.3 Å². The van der Waals surface area contributed by atoms with Crippen molar-refractivity contribution in [2.45, 2.75) is 13.0 Å². The van der Waals surface area contributed by atoms with E-state index < -0.39 is 22.9 Å². The minimum absolute atomic E-state index is 0.0683. The SMILES string of the molecule is COc1cc([N+](=O)[O-])ccc1NC(=O)[C@H](C)OC(=O)c1cc2ccccc2cc1O. The number of non-ortho nitro benzene ring substituents is 1. The maximum absolute atomic E-state index is 12.5. The van der Waals surface area contributed by atoms with E-state index in [0.29, 0.717) is 0 Å². The smallest absolute Gasteiger partial charge is 0.342 e. The zero-order valence-electron chi connectivity index (χ0n) is 16.1. The number of phenolic OH excluding ortho intramolecular Hbond substituents is 1. The lowest BCUT2D eigenvalue weighted by Gasteiger charge is -2.15. The highest BCUT2D eigenvalue weighted by atomic mass is 16.6. The number of nitrogens with zero attached hydrogens (tertiary/aromatic N) is 1. The van der Waals surface area contributed by atoms with E-state index in [0.717, 1.165) is 10.8 Å². The van der Waals surface area contributed by atoms with E-state index >= 15 is 0 Å². The van der Waals surface area contributed by atoms with Crippen molar-refractivity contribution in [1.29, 1.82) is 0 Å². The Hall–Kier alpha value is -4.14. The maximum atomic E-state index is 12.5. The average Bonchev–Trinajstić information content (AvgIpc) is 2.73. The van der Waals surface area contributed by atoms with Crippen LogP contribution in [0.25, 0.3) is 10.8 Å². The van der Waals surface area contributed by atoms with Crippen LogP contribution in [0, 0.1) is 10.1 Å². The Labute approximate surface area is 171 Å². The van der Waals surface area contributed by atoms with Gasteiger partial charge in [0.05, 0.1) is 23.8 Å². The summed E-state index contributed by atoms with van der Waals surface area (Å²) in [5, 5.41) is 25.0. The molecule has 0 bridgehead atoms. The van der Waals surface area contributed by atoms with E-state index in [1.165, 1.54) is 44.4 Å². The molecule has 0 heterocycles. The van der Waals surface area contributed by atoms with Crippen LogP contribution in [0.15, 0.2) is 54.6 Å². The lowest BCUT2D eigenvalue weighted by molar-refractivity contribution is -0.384. The zero-order chi connectivity index (χ0) is 21.8. The third-order valence-electron chi connectivity index (χ3n) is 4.39. The molecule has 3 aromatic rings. The Morgan fingerprint density at radius 2 is 1.77 bits per heavy atom. The topological polar surface area (TPSA) is 128 Å². The number of nitro groups is 1. The summed E-state index contributed by atoms with van der Waals surface area (Å²) in [5.74, 6) is -1.71. The third kappa shape index (κ3) is 4.30. The Balaban J connectivity index is 1.74. The Kier molecular flexibility index (Phi) is 5.82. The Bertz CT molecular complexity index is 1140. The normalized spacial score (nSPS) is 11.5. The number of aromatic hydroxyl groups is 1. The molecule has 0 unspecified atom stereocenters. The summed E-state index contributed by atoms with van der Waals surface area (Å²) >= 11 is 0. The fraction of sp³-hybridized carbons (Fsp3) is 0.143. The van der Waals surface area contributed by atoms with E-state index in [9.17, 15) is 24.8 Å². The van der Waals surface area contributed by atoms with Gasteiger partial charge in [-0.05, 0) is 35.9 Å². The van der Waals surface area contributed by atoms with Gasteiger partial charge in [-0.2, -0.15) is 0 Å². The van der Waals surface area contributed by atoms with Gasteiger partial charge in [0.1, 0.15) is 17.1 Å². The van der Waals surface area contributed by atoms with E-state index in [-0.39, 0.29) is 28.4 Å². The summed E-state index contributed by atoms with van der Waals surface area (Å²) in [6.45, 7) is 1.36. The lowest BCUT2D eigenvalue weighted by Crippen LogP contribution is -2.30. The molecular formula is C21H18N2O7. The molecule has 9 heteroatoms. The van der Waals surface area contributed by atoms with Crippen LogP contribution in [0.1, 0.15) is 17.3 Å². The number of hydrogen-bond acceptors (Lipinski definition) is 7. The number of benzene rings is 3. The Morgan fingerprint density at radius 1 is 1.10 bits per heavy atom. The van der Waals surface area contributed by atoms with Gasteiger partial charge in [-0.1, -0.05) is 24.3 Å². The molecule has 0 aliphatic rings. The van der Waals surface area contributed by atoms with Gasteiger partial charge in [-0.15, -0.1) is 0 Å². The molecule has 2 N–H and O–H groups in total. The van der Waals surface area contributed by atoms with Gasteiger partial charge < -0.3 is 19.9 Å². The van der Waals surface area contributed by atoms with Crippen LogP contribution in [0.3, 0.4) is 0 Å². The molecule has 0 aromatic heterocycles. The fourth-order valence-corrected chi connectivity index (χ4v) is 2.80. The zero-order valence-corrected chi connectivity index (χ0v) is 16.1. The van der Waals surface area contributed by atoms with Gasteiger partial charge in [0, 0.05) is 6.07 Å². The third-order valence-corrected chi connectivity index (χ3v) is 4.39. The van der Waals surface area contributed by atoms with Crippen molar-refractivity contribution in [3.8, 4) is 11.5 Å². The molecule has 154 valence electrons. The highest BCUT2D eigenvalue weighted by molar-refractivity contribution is 6.01.